The van der Waals surface area contributed by atoms with Gasteiger partial charge in [0.05, 0.1) is 0 Å². The van der Waals surface area contributed by atoms with Crippen molar-refractivity contribution in [3.63, 3.8) is 0 Å². The van der Waals surface area contributed by atoms with Crippen molar-refractivity contribution in [2.75, 3.05) is 0 Å². The van der Waals surface area contributed by atoms with Crippen molar-refractivity contribution in [3.05, 3.63) is 12.7 Å². The maximum absolute atomic E-state index is 3.81. The van der Waals surface area contributed by atoms with Crippen molar-refractivity contribution in [1.29, 1.82) is 0 Å². The van der Waals surface area contributed by atoms with Crippen LogP contribution in [-0.2, 0) is 0 Å². The molecule has 0 spiro atoms. The van der Waals surface area contributed by atoms with Crippen LogP contribution in [0.5, 0.6) is 0 Å². The van der Waals surface area contributed by atoms with E-state index >= 15 is 0 Å². The Morgan fingerprint density at radius 2 is 1.57 bits per heavy atom. The smallest absolute Gasteiger partial charge is 0.0302 e. The average molecular weight is 196 g/mol. The lowest BCUT2D eigenvalue weighted by atomic mass is 9.84. The van der Waals surface area contributed by atoms with Crippen molar-refractivity contribution in [1.82, 2.24) is 0 Å². The molecule has 0 bridgehead atoms. The molecule has 0 fully saturated rings. The van der Waals surface area contributed by atoms with Gasteiger partial charge < -0.3 is 0 Å². The van der Waals surface area contributed by atoms with Crippen molar-refractivity contribution in [3.8, 4) is 0 Å². The lowest BCUT2D eigenvalue weighted by Gasteiger charge is -2.22. The second-order valence-electron chi connectivity index (χ2n) is 5.17. The second-order valence-corrected chi connectivity index (χ2v) is 5.17. The van der Waals surface area contributed by atoms with Crippen LogP contribution in [-0.4, -0.2) is 0 Å². The summed E-state index contributed by atoms with van der Waals surface area (Å²) in [5, 5.41) is 0. The van der Waals surface area contributed by atoms with Gasteiger partial charge in [0.2, 0.25) is 0 Å². The van der Waals surface area contributed by atoms with Gasteiger partial charge in [-0.05, 0) is 18.3 Å². The third kappa shape index (κ3) is 8.34. The molecular weight excluding hydrogens is 168 g/mol. The highest BCUT2D eigenvalue weighted by molar-refractivity contribution is 4.79. The Morgan fingerprint density at radius 1 is 1.00 bits per heavy atom. The molecule has 0 saturated heterocycles. The molecule has 0 atom stereocenters. The first-order valence-corrected chi connectivity index (χ1v) is 6.23. The van der Waals surface area contributed by atoms with Crippen molar-refractivity contribution in [2.45, 2.75) is 72.1 Å². The fourth-order valence-corrected chi connectivity index (χ4v) is 1.88. The molecule has 0 aliphatic rings. The summed E-state index contributed by atoms with van der Waals surface area (Å²) < 4.78 is 0. The van der Waals surface area contributed by atoms with Crippen molar-refractivity contribution >= 4 is 0 Å². The summed E-state index contributed by atoms with van der Waals surface area (Å²) in [6.45, 7) is 10.8. The Hall–Kier alpha value is -0.260. The Morgan fingerprint density at radius 3 is 2.14 bits per heavy atom. The van der Waals surface area contributed by atoms with Crippen molar-refractivity contribution in [2.24, 2.45) is 5.41 Å². The standard InChI is InChI=1S/C14H28/c1-5-7-8-9-10-11-13-14(3,4)12-6-2/h6H,2,5,7-13H2,1,3-4H3. The van der Waals surface area contributed by atoms with E-state index in [1.807, 2.05) is 0 Å². The van der Waals surface area contributed by atoms with Crippen LogP contribution in [0.2, 0.25) is 0 Å². The molecule has 0 nitrogen and oxygen atoms in total. The summed E-state index contributed by atoms with van der Waals surface area (Å²) in [6.07, 6.45) is 13.0. The third-order valence-electron chi connectivity index (χ3n) is 2.90. The summed E-state index contributed by atoms with van der Waals surface area (Å²) in [5.41, 5.74) is 0.479. The van der Waals surface area contributed by atoms with Crippen LogP contribution in [0.3, 0.4) is 0 Å². The molecule has 0 saturated carbocycles. The fourth-order valence-electron chi connectivity index (χ4n) is 1.88. The topological polar surface area (TPSA) is 0 Å². The van der Waals surface area contributed by atoms with Gasteiger partial charge in [0.1, 0.15) is 0 Å². The Labute approximate surface area is 90.8 Å². The zero-order valence-electron chi connectivity index (χ0n) is 10.4. The van der Waals surface area contributed by atoms with Crippen LogP contribution in [0.25, 0.3) is 0 Å². The lowest BCUT2D eigenvalue weighted by Crippen LogP contribution is -2.09. The van der Waals surface area contributed by atoms with E-state index in [1.54, 1.807) is 0 Å². The zero-order chi connectivity index (χ0) is 10.9. The van der Waals surface area contributed by atoms with Crippen LogP contribution in [0.15, 0.2) is 12.7 Å². The molecule has 0 amide bonds. The van der Waals surface area contributed by atoms with Crippen LogP contribution in [0, 0.1) is 5.41 Å². The highest BCUT2D eigenvalue weighted by Gasteiger charge is 2.14. The summed E-state index contributed by atoms with van der Waals surface area (Å²) in [7, 11) is 0. The summed E-state index contributed by atoms with van der Waals surface area (Å²) in [6, 6.07) is 0. The first kappa shape index (κ1) is 13.7. The SMILES string of the molecule is C=CCC(C)(C)CCCCCCCC. The monoisotopic (exact) mass is 196 g/mol. The molecular formula is C14H28. The molecule has 0 heterocycles. The van der Waals surface area contributed by atoms with E-state index in [9.17, 15) is 0 Å². The first-order valence-electron chi connectivity index (χ1n) is 6.23. The van der Waals surface area contributed by atoms with Gasteiger partial charge in [-0.15, -0.1) is 6.58 Å². The number of hydrogen-bond acceptors (Lipinski definition) is 0. The molecule has 0 aromatic carbocycles. The average Bonchev–Trinajstić information content (AvgIpc) is 2.11. The van der Waals surface area contributed by atoms with Crippen LogP contribution in [0.4, 0.5) is 0 Å². The molecule has 84 valence electrons. The van der Waals surface area contributed by atoms with Crippen LogP contribution < -0.4 is 0 Å². The minimum Gasteiger partial charge on any atom is -0.103 e. The Kier molecular flexibility index (Phi) is 7.93. The minimum atomic E-state index is 0.479. The van der Waals surface area contributed by atoms with Gasteiger partial charge in [-0.3, -0.25) is 0 Å². The molecule has 0 radical (unpaired) electrons. The van der Waals surface area contributed by atoms with Gasteiger partial charge in [-0.25, -0.2) is 0 Å². The summed E-state index contributed by atoms with van der Waals surface area (Å²) in [4.78, 5) is 0. The summed E-state index contributed by atoms with van der Waals surface area (Å²) in [5.74, 6) is 0. The van der Waals surface area contributed by atoms with Crippen molar-refractivity contribution < 1.29 is 0 Å². The number of unbranched alkanes of at least 4 members (excludes halogenated alkanes) is 5. The number of hydrogen-bond donors (Lipinski definition) is 0. The summed E-state index contributed by atoms with van der Waals surface area (Å²) >= 11 is 0. The van der Waals surface area contributed by atoms with Crippen LogP contribution in [0.1, 0.15) is 72.1 Å². The van der Waals surface area contributed by atoms with Gasteiger partial charge in [0.15, 0.2) is 0 Å². The lowest BCUT2D eigenvalue weighted by molar-refractivity contribution is 0.323. The van der Waals surface area contributed by atoms with E-state index in [0.717, 1.165) is 6.42 Å². The molecule has 0 heteroatoms. The maximum atomic E-state index is 3.81. The molecule has 0 aliphatic carbocycles. The quantitative estimate of drug-likeness (QED) is 0.345. The van der Waals surface area contributed by atoms with Gasteiger partial charge in [0.25, 0.3) is 0 Å². The van der Waals surface area contributed by atoms with Gasteiger partial charge >= 0.3 is 0 Å². The molecule has 14 heavy (non-hydrogen) atoms. The Bertz CT molecular complexity index is 133. The van der Waals surface area contributed by atoms with E-state index in [1.165, 1.54) is 44.9 Å². The predicted molar refractivity (Wildman–Crippen MR) is 66.6 cm³/mol. The van der Waals surface area contributed by atoms with E-state index in [4.69, 9.17) is 0 Å². The van der Waals surface area contributed by atoms with Gasteiger partial charge in [-0.1, -0.05) is 65.4 Å². The first-order chi connectivity index (χ1) is 6.62. The molecule has 0 aromatic heterocycles. The highest BCUT2D eigenvalue weighted by atomic mass is 14.2. The molecule has 0 aromatic rings. The molecule has 0 unspecified atom stereocenters. The van der Waals surface area contributed by atoms with Gasteiger partial charge in [-0.2, -0.15) is 0 Å². The van der Waals surface area contributed by atoms with E-state index in [-0.39, 0.29) is 0 Å². The Balaban J connectivity index is 3.30. The fraction of sp³-hybridized carbons (Fsp3) is 0.857. The molecule has 0 rings (SSSR count). The largest absolute Gasteiger partial charge is 0.103 e. The third-order valence-corrected chi connectivity index (χ3v) is 2.90. The molecule has 0 aliphatic heterocycles. The normalized spacial score (nSPS) is 11.6. The zero-order valence-corrected chi connectivity index (χ0v) is 10.4. The maximum Gasteiger partial charge on any atom is -0.0302 e. The van der Waals surface area contributed by atoms with E-state index < -0.39 is 0 Å². The van der Waals surface area contributed by atoms with E-state index in [0.29, 0.717) is 5.41 Å². The highest BCUT2D eigenvalue weighted by Crippen LogP contribution is 2.28. The second kappa shape index (κ2) is 8.08. The molecule has 0 N–H and O–H groups in total. The van der Waals surface area contributed by atoms with Gasteiger partial charge in [0, 0.05) is 0 Å². The van der Waals surface area contributed by atoms with Crippen LogP contribution >= 0.6 is 0 Å². The van der Waals surface area contributed by atoms with E-state index in [2.05, 4.69) is 33.4 Å². The number of allylic oxidation sites excluding steroid dienone is 1. The number of rotatable bonds is 9. The minimum absolute atomic E-state index is 0.479. The predicted octanol–water partition coefficient (Wildman–Crippen LogP) is 5.34.